The van der Waals surface area contributed by atoms with E-state index in [1.165, 1.54) is 0 Å². The van der Waals surface area contributed by atoms with E-state index in [-0.39, 0.29) is 11.1 Å². The van der Waals surface area contributed by atoms with Crippen molar-refractivity contribution < 1.29 is 36.6 Å². The molecule has 0 spiro atoms. The fourth-order valence-electron chi connectivity index (χ4n) is 5.01. The number of aromatic hydroxyl groups is 2. The van der Waals surface area contributed by atoms with Crippen molar-refractivity contribution in [2.24, 2.45) is 0 Å². The number of benzene rings is 4. The lowest BCUT2D eigenvalue weighted by molar-refractivity contribution is -0.138. The highest BCUT2D eigenvalue weighted by molar-refractivity contribution is 5.87. The molecule has 4 aromatic carbocycles. The Morgan fingerprint density at radius 1 is 0.486 bits per heavy atom. The van der Waals surface area contributed by atoms with Crippen LogP contribution in [0.4, 0.5) is 26.3 Å². The van der Waals surface area contributed by atoms with Crippen molar-refractivity contribution in [3.05, 3.63) is 118 Å². The van der Waals surface area contributed by atoms with Crippen LogP contribution in [0, 0.1) is 0 Å². The van der Waals surface area contributed by atoms with Gasteiger partial charge < -0.3 is 10.2 Å². The third kappa shape index (κ3) is 3.35. The van der Waals surface area contributed by atoms with Gasteiger partial charge in [-0.3, -0.25) is 0 Å². The summed E-state index contributed by atoms with van der Waals surface area (Å²) in [4.78, 5) is 0. The van der Waals surface area contributed by atoms with Crippen LogP contribution in [0.2, 0.25) is 0 Å². The maximum Gasteiger partial charge on any atom is 0.416 e. The van der Waals surface area contributed by atoms with E-state index in [4.69, 9.17) is 0 Å². The van der Waals surface area contributed by atoms with E-state index in [1.54, 1.807) is 48.5 Å². The van der Waals surface area contributed by atoms with Gasteiger partial charge >= 0.3 is 12.4 Å². The molecule has 0 saturated carbocycles. The number of halogens is 6. The van der Waals surface area contributed by atoms with Gasteiger partial charge in [-0.2, -0.15) is 26.3 Å². The zero-order chi connectivity index (χ0) is 25.2. The van der Waals surface area contributed by atoms with Gasteiger partial charge in [0.25, 0.3) is 0 Å². The Morgan fingerprint density at radius 2 is 0.857 bits per heavy atom. The molecule has 0 radical (unpaired) electrons. The SMILES string of the molecule is Oc1cc(C(F)(F)F)ccc1C1(c2ccc(C(F)(F)F)cc2O)c2ccccc2-c2ccccc21. The zero-order valence-electron chi connectivity index (χ0n) is 17.7. The molecule has 0 aromatic heterocycles. The van der Waals surface area contributed by atoms with E-state index in [1.807, 2.05) is 0 Å². The number of alkyl halides is 6. The van der Waals surface area contributed by atoms with Crippen LogP contribution in [0.1, 0.15) is 33.4 Å². The maximum atomic E-state index is 13.3. The second kappa shape index (κ2) is 7.53. The predicted octanol–water partition coefficient (Wildman–Crippen LogP) is 7.50. The van der Waals surface area contributed by atoms with Gasteiger partial charge in [-0.05, 0) is 46.5 Å². The van der Waals surface area contributed by atoms with Crippen LogP contribution in [-0.2, 0) is 17.8 Å². The van der Waals surface area contributed by atoms with Crippen molar-refractivity contribution >= 4 is 0 Å². The Bertz CT molecular complexity index is 1340. The van der Waals surface area contributed by atoms with Crippen LogP contribution in [0.3, 0.4) is 0 Å². The summed E-state index contributed by atoms with van der Waals surface area (Å²) in [5.41, 5.74) is -1.36. The molecule has 0 fully saturated rings. The second-order valence-electron chi connectivity index (χ2n) is 8.30. The first-order valence-corrected chi connectivity index (χ1v) is 10.5. The Kier molecular flexibility index (Phi) is 4.91. The molecule has 35 heavy (non-hydrogen) atoms. The second-order valence-corrected chi connectivity index (χ2v) is 8.30. The molecule has 0 aliphatic heterocycles. The summed E-state index contributed by atoms with van der Waals surface area (Å²) in [7, 11) is 0. The summed E-state index contributed by atoms with van der Waals surface area (Å²) in [6, 6.07) is 18.8. The number of hydrogen-bond acceptors (Lipinski definition) is 2. The monoisotopic (exact) mass is 486 g/mol. The molecule has 4 aromatic rings. The minimum Gasteiger partial charge on any atom is -0.508 e. The third-order valence-electron chi connectivity index (χ3n) is 6.41. The first kappa shape index (κ1) is 22.8. The lowest BCUT2D eigenvalue weighted by atomic mass is 9.67. The Balaban J connectivity index is 1.91. The molecule has 178 valence electrons. The van der Waals surface area contributed by atoms with Gasteiger partial charge in [-0.25, -0.2) is 0 Å². The molecule has 1 aliphatic carbocycles. The number of fused-ring (bicyclic) bond motifs is 3. The Labute approximate surface area is 195 Å². The Hall–Kier alpha value is -3.94. The standard InChI is InChI=1S/C27H16F6O2/c28-26(29,30)15-9-11-21(23(34)13-15)25(22-12-10-16(14-24(22)35)27(31,32)33)19-7-3-1-5-17(19)18-6-2-4-8-20(18)25/h1-14,34-35H. The summed E-state index contributed by atoms with van der Waals surface area (Å²) in [6.45, 7) is 0. The highest BCUT2D eigenvalue weighted by atomic mass is 19.4. The van der Waals surface area contributed by atoms with Gasteiger partial charge in [0.2, 0.25) is 0 Å². The van der Waals surface area contributed by atoms with Crippen molar-refractivity contribution in [2.45, 2.75) is 17.8 Å². The van der Waals surface area contributed by atoms with Gasteiger partial charge in [0.1, 0.15) is 11.5 Å². The average molecular weight is 486 g/mol. The van der Waals surface area contributed by atoms with E-state index < -0.39 is 40.4 Å². The summed E-state index contributed by atoms with van der Waals surface area (Å²) in [6.07, 6.45) is -9.43. The van der Waals surface area contributed by atoms with Crippen LogP contribution < -0.4 is 0 Å². The van der Waals surface area contributed by atoms with Crippen molar-refractivity contribution in [1.82, 2.24) is 0 Å². The average Bonchev–Trinajstić information content (AvgIpc) is 3.09. The minimum absolute atomic E-state index is 0.00189. The van der Waals surface area contributed by atoms with Gasteiger partial charge in [0.15, 0.2) is 0 Å². The first-order valence-electron chi connectivity index (χ1n) is 10.5. The van der Waals surface area contributed by atoms with Crippen LogP contribution >= 0.6 is 0 Å². The molecule has 0 heterocycles. The molecule has 2 nitrogen and oxygen atoms in total. The molecule has 0 amide bonds. The zero-order valence-corrected chi connectivity index (χ0v) is 17.7. The smallest absolute Gasteiger partial charge is 0.416 e. The van der Waals surface area contributed by atoms with Crippen molar-refractivity contribution in [1.29, 1.82) is 0 Å². The highest BCUT2D eigenvalue weighted by Crippen LogP contribution is 2.59. The molecule has 0 unspecified atom stereocenters. The van der Waals surface area contributed by atoms with Crippen LogP contribution in [0.25, 0.3) is 11.1 Å². The van der Waals surface area contributed by atoms with Crippen LogP contribution in [0.15, 0.2) is 84.9 Å². The van der Waals surface area contributed by atoms with Gasteiger partial charge in [-0.15, -0.1) is 0 Å². The lowest BCUT2D eigenvalue weighted by Gasteiger charge is -2.35. The molecular formula is C27H16F6O2. The van der Waals surface area contributed by atoms with Crippen molar-refractivity contribution in [3.8, 4) is 22.6 Å². The number of rotatable bonds is 2. The van der Waals surface area contributed by atoms with Gasteiger partial charge in [0, 0.05) is 11.1 Å². The molecule has 0 atom stereocenters. The fraction of sp³-hybridized carbons (Fsp3) is 0.111. The largest absolute Gasteiger partial charge is 0.508 e. The molecule has 8 heteroatoms. The van der Waals surface area contributed by atoms with E-state index in [2.05, 4.69) is 0 Å². The molecule has 0 saturated heterocycles. The van der Waals surface area contributed by atoms with Gasteiger partial charge in [-0.1, -0.05) is 60.7 Å². The normalized spacial score (nSPS) is 14.5. The quantitative estimate of drug-likeness (QED) is 0.254. The Morgan fingerprint density at radius 3 is 1.20 bits per heavy atom. The number of phenolic OH excluding ortho intramolecular Hbond substituents is 2. The predicted molar refractivity (Wildman–Crippen MR) is 117 cm³/mol. The molecule has 1 aliphatic rings. The van der Waals surface area contributed by atoms with Crippen molar-refractivity contribution in [2.75, 3.05) is 0 Å². The first-order chi connectivity index (χ1) is 16.5. The summed E-state index contributed by atoms with van der Waals surface area (Å²) < 4.78 is 80.0. The van der Waals surface area contributed by atoms with Crippen LogP contribution in [0.5, 0.6) is 11.5 Å². The minimum atomic E-state index is -4.72. The summed E-state index contributed by atoms with van der Waals surface area (Å²) in [5.74, 6) is -1.41. The molecular weight excluding hydrogens is 470 g/mol. The van der Waals surface area contributed by atoms with Crippen LogP contribution in [-0.4, -0.2) is 10.2 Å². The maximum absolute atomic E-state index is 13.3. The van der Waals surface area contributed by atoms with E-state index in [0.717, 1.165) is 24.3 Å². The van der Waals surface area contributed by atoms with E-state index in [0.29, 0.717) is 34.4 Å². The molecule has 0 bridgehead atoms. The number of phenols is 2. The third-order valence-corrected chi connectivity index (χ3v) is 6.41. The van der Waals surface area contributed by atoms with Gasteiger partial charge in [0.05, 0.1) is 16.5 Å². The summed E-state index contributed by atoms with van der Waals surface area (Å²) >= 11 is 0. The fourth-order valence-corrected chi connectivity index (χ4v) is 5.01. The molecule has 2 N–H and O–H groups in total. The summed E-state index contributed by atoms with van der Waals surface area (Å²) in [5, 5.41) is 21.8. The topological polar surface area (TPSA) is 40.5 Å². The van der Waals surface area contributed by atoms with E-state index in [9.17, 15) is 36.6 Å². The molecule has 5 rings (SSSR count). The highest BCUT2D eigenvalue weighted by Gasteiger charge is 2.49. The van der Waals surface area contributed by atoms with E-state index >= 15 is 0 Å². The number of hydrogen-bond donors (Lipinski definition) is 2. The lowest BCUT2D eigenvalue weighted by Crippen LogP contribution is -2.29. The van der Waals surface area contributed by atoms with Crippen molar-refractivity contribution in [3.63, 3.8) is 0 Å².